The molecule has 144 valence electrons. The Labute approximate surface area is 177 Å². The summed E-state index contributed by atoms with van der Waals surface area (Å²) < 4.78 is 20.0. The molecule has 0 saturated carbocycles. The molecule has 0 aliphatic carbocycles. The molecule has 0 radical (unpaired) electrons. The van der Waals surface area contributed by atoms with Crippen molar-refractivity contribution in [2.75, 3.05) is 5.73 Å². The molecule has 0 aliphatic heterocycles. The van der Waals surface area contributed by atoms with Crippen LogP contribution in [0.25, 0.3) is 33.8 Å². The van der Waals surface area contributed by atoms with Crippen molar-refractivity contribution in [3.8, 4) is 45.9 Å². The van der Waals surface area contributed by atoms with Gasteiger partial charge in [0.15, 0.2) is 0 Å². The van der Waals surface area contributed by atoms with E-state index < -0.39 is 5.82 Å². The van der Waals surface area contributed by atoms with E-state index in [1.54, 1.807) is 60.7 Å². The van der Waals surface area contributed by atoms with Crippen LogP contribution in [0.5, 0.6) is 0 Å². The molecule has 1 heterocycles. The molecule has 4 nitrogen and oxygen atoms in total. The Hall–Kier alpha value is -4.06. The van der Waals surface area contributed by atoms with E-state index in [2.05, 4.69) is 12.1 Å². The van der Waals surface area contributed by atoms with Crippen molar-refractivity contribution in [2.24, 2.45) is 0 Å². The van der Waals surface area contributed by atoms with E-state index >= 15 is 0 Å². The number of nitriles is 2. The summed E-state index contributed by atoms with van der Waals surface area (Å²) in [7, 11) is 0. The summed E-state index contributed by atoms with van der Waals surface area (Å²) in [6.07, 6.45) is 0. The van der Waals surface area contributed by atoms with Crippen LogP contribution in [-0.2, 0) is 0 Å². The summed E-state index contributed by atoms with van der Waals surface area (Å²) in [4.78, 5) is 0. The zero-order valence-corrected chi connectivity index (χ0v) is 16.2. The fourth-order valence-electron chi connectivity index (χ4n) is 3.28. The molecule has 2 N–H and O–H groups in total. The fourth-order valence-corrected chi connectivity index (χ4v) is 3.41. The third kappa shape index (κ3) is 3.28. The van der Waals surface area contributed by atoms with Crippen molar-refractivity contribution in [3.05, 3.63) is 88.7 Å². The molecule has 0 fully saturated rings. The minimum atomic E-state index is -0.417. The number of anilines is 1. The largest absolute Gasteiger partial charge is 0.456 e. The van der Waals surface area contributed by atoms with Gasteiger partial charge in [0.2, 0.25) is 0 Å². The molecular weight excluding hydrogens is 401 g/mol. The summed E-state index contributed by atoms with van der Waals surface area (Å²) in [6.45, 7) is 0. The van der Waals surface area contributed by atoms with E-state index in [-0.39, 0.29) is 16.8 Å². The van der Waals surface area contributed by atoms with Gasteiger partial charge in [-0.25, -0.2) is 4.39 Å². The van der Waals surface area contributed by atoms with E-state index in [0.717, 1.165) is 0 Å². The van der Waals surface area contributed by atoms with Crippen LogP contribution in [0.3, 0.4) is 0 Å². The number of nitrogens with zero attached hydrogens (tertiary/aromatic N) is 2. The SMILES string of the molecule is N#Cc1c(-c2ccc(Cl)cc2)cc(-c2ccc(-c3ccccc3F)o2)c(C#N)c1N. The smallest absolute Gasteiger partial charge is 0.137 e. The van der Waals surface area contributed by atoms with Gasteiger partial charge in [0, 0.05) is 16.1 Å². The molecule has 0 unspecified atom stereocenters. The standard InChI is InChI=1S/C24H13ClFN3O/c25-15-7-5-14(6-8-15)17-11-18(20(13-28)24(29)19(17)12-27)23-10-9-22(30-23)16-3-1-2-4-21(16)26/h1-11H,29H2. The highest BCUT2D eigenvalue weighted by atomic mass is 35.5. The van der Waals surface area contributed by atoms with Crippen LogP contribution in [0.15, 0.2) is 71.1 Å². The molecule has 0 amide bonds. The Morgan fingerprint density at radius 3 is 2.03 bits per heavy atom. The summed E-state index contributed by atoms with van der Waals surface area (Å²) in [5.74, 6) is 0.249. The highest BCUT2D eigenvalue weighted by Gasteiger charge is 2.21. The van der Waals surface area contributed by atoms with Crippen LogP contribution < -0.4 is 5.73 Å². The number of rotatable bonds is 3. The van der Waals surface area contributed by atoms with E-state index in [1.165, 1.54) is 6.07 Å². The first-order valence-electron chi connectivity index (χ1n) is 8.91. The lowest BCUT2D eigenvalue weighted by atomic mass is 9.91. The molecule has 3 aromatic carbocycles. The Morgan fingerprint density at radius 2 is 1.40 bits per heavy atom. The normalized spacial score (nSPS) is 10.4. The Balaban J connectivity index is 1.93. The fraction of sp³-hybridized carbons (Fsp3) is 0. The van der Waals surface area contributed by atoms with Gasteiger partial charge in [-0.3, -0.25) is 0 Å². The predicted molar refractivity (Wildman–Crippen MR) is 114 cm³/mol. The van der Waals surface area contributed by atoms with Crippen molar-refractivity contribution >= 4 is 17.3 Å². The third-order valence-electron chi connectivity index (χ3n) is 4.76. The number of furan rings is 1. The number of benzene rings is 3. The zero-order valence-electron chi connectivity index (χ0n) is 15.5. The van der Waals surface area contributed by atoms with Gasteiger partial charge in [0.05, 0.1) is 22.4 Å². The van der Waals surface area contributed by atoms with Crippen molar-refractivity contribution < 1.29 is 8.81 Å². The number of nitrogens with two attached hydrogens (primary N) is 1. The minimum absolute atomic E-state index is 0.0614. The molecular formula is C24H13ClFN3O. The van der Waals surface area contributed by atoms with Gasteiger partial charge in [-0.2, -0.15) is 10.5 Å². The molecule has 4 aromatic rings. The van der Waals surface area contributed by atoms with Crippen LogP contribution in [-0.4, -0.2) is 0 Å². The second-order valence-corrected chi connectivity index (χ2v) is 6.95. The molecule has 1 aromatic heterocycles. The average molecular weight is 414 g/mol. The van der Waals surface area contributed by atoms with Crippen LogP contribution in [0.4, 0.5) is 10.1 Å². The average Bonchev–Trinajstić information content (AvgIpc) is 3.24. The summed E-state index contributed by atoms with van der Waals surface area (Å²) in [6, 6.07) is 22.3. The number of hydrogen-bond donors (Lipinski definition) is 1. The second kappa shape index (κ2) is 7.75. The topological polar surface area (TPSA) is 86.7 Å². The lowest BCUT2D eigenvalue weighted by Crippen LogP contribution is -2.00. The number of nitrogen functional groups attached to an aromatic ring is 1. The lowest BCUT2D eigenvalue weighted by Gasteiger charge is -2.12. The first kappa shape index (κ1) is 19.3. The molecule has 30 heavy (non-hydrogen) atoms. The van der Waals surface area contributed by atoms with Gasteiger partial charge >= 0.3 is 0 Å². The summed E-state index contributed by atoms with van der Waals surface area (Å²) in [5, 5.41) is 19.9. The highest BCUT2D eigenvalue weighted by molar-refractivity contribution is 6.30. The Kier molecular flexibility index (Phi) is 4.98. The van der Waals surface area contributed by atoms with E-state index in [9.17, 15) is 14.9 Å². The van der Waals surface area contributed by atoms with E-state index in [0.29, 0.717) is 38.8 Å². The van der Waals surface area contributed by atoms with Gasteiger partial charge in [-0.1, -0.05) is 35.9 Å². The van der Waals surface area contributed by atoms with Gasteiger partial charge in [0.1, 0.15) is 29.5 Å². The van der Waals surface area contributed by atoms with Crippen LogP contribution in [0, 0.1) is 28.5 Å². The molecule has 0 saturated heterocycles. The maximum absolute atomic E-state index is 14.1. The molecule has 4 rings (SSSR count). The third-order valence-corrected chi connectivity index (χ3v) is 5.01. The quantitative estimate of drug-likeness (QED) is 0.394. The molecule has 6 heteroatoms. The zero-order chi connectivity index (χ0) is 21.3. The van der Waals surface area contributed by atoms with Crippen LogP contribution in [0.2, 0.25) is 5.02 Å². The predicted octanol–water partition coefficient (Wildman–Crippen LogP) is 6.40. The summed E-state index contributed by atoms with van der Waals surface area (Å²) in [5.41, 5.74) is 8.55. The van der Waals surface area contributed by atoms with Crippen molar-refractivity contribution in [1.82, 2.24) is 0 Å². The molecule has 0 spiro atoms. The molecule has 0 bridgehead atoms. The highest BCUT2D eigenvalue weighted by Crippen LogP contribution is 2.39. The number of hydrogen-bond acceptors (Lipinski definition) is 4. The van der Waals surface area contributed by atoms with Gasteiger partial charge < -0.3 is 10.2 Å². The monoisotopic (exact) mass is 413 g/mol. The first-order valence-corrected chi connectivity index (χ1v) is 9.29. The van der Waals surface area contributed by atoms with Crippen LogP contribution >= 0.6 is 11.6 Å². The first-order chi connectivity index (χ1) is 14.5. The Morgan fingerprint density at radius 1 is 0.800 bits per heavy atom. The minimum Gasteiger partial charge on any atom is -0.456 e. The van der Waals surface area contributed by atoms with Gasteiger partial charge in [-0.05, 0) is 48.0 Å². The molecule has 0 atom stereocenters. The Bertz CT molecular complexity index is 1340. The van der Waals surface area contributed by atoms with Crippen molar-refractivity contribution in [2.45, 2.75) is 0 Å². The lowest BCUT2D eigenvalue weighted by molar-refractivity contribution is 0.581. The molecule has 0 aliphatic rings. The van der Waals surface area contributed by atoms with Crippen molar-refractivity contribution in [3.63, 3.8) is 0 Å². The second-order valence-electron chi connectivity index (χ2n) is 6.51. The van der Waals surface area contributed by atoms with Crippen molar-refractivity contribution in [1.29, 1.82) is 10.5 Å². The van der Waals surface area contributed by atoms with Crippen LogP contribution in [0.1, 0.15) is 11.1 Å². The van der Waals surface area contributed by atoms with E-state index in [4.69, 9.17) is 21.8 Å². The maximum atomic E-state index is 14.1. The summed E-state index contributed by atoms with van der Waals surface area (Å²) >= 11 is 5.97. The number of halogens is 2. The van der Waals surface area contributed by atoms with E-state index in [1.807, 2.05) is 0 Å². The maximum Gasteiger partial charge on any atom is 0.137 e. The van der Waals surface area contributed by atoms with Gasteiger partial charge in [-0.15, -0.1) is 0 Å². The van der Waals surface area contributed by atoms with Gasteiger partial charge in [0.25, 0.3) is 0 Å².